The van der Waals surface area contributed by atoms with Crippen molar-refractivity contribution in [2.75, 3.05) is 12.4 Å². The summed E-state index contributed by atoms with van der Waals surface area (Å²) in [5.74, 6) is 1.67. The number of rotatable bonds is 4. The lowest BCUT2D eigenvalue weighted by Crippen LogP contribution is -2.14. The van der Waals surface area contributed by atoms with Crippen LogP contribution in [0.25, 0.3) is 10.9 Å². The Morgan fingerprint density at radius 3 is 3.04 bits per heavy atom. The number of fused-ring (bicyclic) bond motifs is 2. The average molecular weight is 342 g/mol. The zero-order chi connectivity index (χ0) is 16.5. The highest BCUT2D eigenvalue weighted by atomic mass is 35.5. The fourth-order valence-electron chi connectivity index (χ4n) is 2.87. The minimum atomic E-state index is -0.184. The predicted molar refractivity (Wildman–Crippen MR) is 93.4 cm³/mol. The highest BCUT2D eigenvalue weighted by molar-refractivity contribution is 6.31. The van der Waals surface area contributed by atoms with Crippen molar-refractivity contribution < 1.29 is 9.47 Å². The molecule has 0 amide bonds. The van der Waals surface area contributed by atoms with Gasteiger partial charge in [-0.25, -0.2) is 9.97 Å². The molecule has 0 fully saturated rings. The van der Waals surface area contributed by atoms with Gasteiger partial charge >= 0.3 is 0 Å². The van der Waals surface area contributed by atoms with E-state index in [9.17, 15) is 0 Å². The van der Waals surface area contributed by atoms with Gasteiger partial charge in [0.1, 0.15) is 17.9 Å². The molecule has 5 nitrogen and oxygen atoms in total. The normalized spacial score (nSPS) is 16.0. The maximum Gasteiger partial charge on any atom is 0.203 e. The van der Waals surface area contributed by atoms with Crippen molar-refractivity contribution in [3.8, 4) is 5.75 Å². The first-order valence-electron chi connectivity index (χ1n) is 7.68. The largest absolute Gasteiger partial charge is 0.464 e. The lowest BCUT2D eigenvalue weighted by molar-refractivity contribution is -0.0367. The Labute approximate surface area is 144 Å². The van der Waals surface area contributed by atoms with E-state index in [1.165, 1.54) is 0 Å². The first kappa shape index (κ1) is 15.2. The van der Waals surface area contributed by atoms with Gasteiger partial charge in [-0.05, 0) is 29.8 Å². The number of aromatic nitrogens is 2. The Hall–Kier alpha value is -2.37. The van der Waals surface area contributed by atoms with Gasteiger partial charge in [-0.1, -0.05) is 23.7 Å². The van der Waals surface area contributed by atoms with Crippen LogP contribution in [0.2, 0.25) is 5.02 Å². The third-order valence-corrected chi connectivity index (χ3v) is 4.33. The summed E-state index contributed by atoms with van der Waals surface area (Å²) in [5.41, 5.74) is 3.18. The van der Waals surface area contributed by atoms with Crippen molar-refractivity contribution in [1.29, 1.82) is 0 Å². The molecule has 0 aliphatic carbocycles. The molecule has 3 aromatic rings. The molecule has 1 N–H and O–H groups in total. The SMILES string of the molecule is COC1Cc2cc(CNc3ncnc4ccc(Cl)cc34)ccc2O1. The van der Waals surface area contributed by atoms with Crippen LogP contribution in [0.15, 0.2) is 42.7 Å². The fraction of sp³-hybridized carbons (Fsp3) is 0.222. The molecule has 1 aliphatic rings. The number of benzene rings is 2. The minimum absolute atomic E-state index is 0.184. The molecule has 24 heavy (non-hydrogen) atoms. The van der Waals surface area contributed by atoms with Crippen LogP contribution in [-0.4, -0.2) is 23.4 Å². The van der Waals surface area contributed by atoms with E-state index < -0.39 is 0 Å². The van der Waals surface area contributed by atoms with Crippen molar-refractivity contribution in [1.82, 2.24) is 9.97 Å². The summed E-state index contributed by atoms with van der Waals surface area (Å²) in [6, 6.07) is 11.8. The highest BCUT2D eigenvalue weighted by Gasteiger charge is 2.22. The lowest BCUT2D eigenvalue weighted by atomic mass is 10.1. The minimum Gasteiger partial charge on any atom is -0.464 e. The van der Waals surface area contributed by atoms with Crippen LogP contribution < -0.4 is 10.1 Å². The van der Waals surface area contributed by atoms with E-state index in [2.05, 4.69) is 21.4 Å². The summed E-state index contributed by atoms with van der Waals surface area (Å²) in [6.07, 6.45) is 2.14. The summed E-state index contributed by atoms with van der Waals surface area (Å²) in [6.45, 7) is 0.656. The first-order valence-corrected chi connectivity index (χ1v) is 8.06. The zero-order valence-corrected chi connectivity index (χ0v) is 13.9. The van der Waals surface area contributed by atoms with E-state index in [4.69, 9.17) is 21.1 Å². The van der Waals surface area contributed by atoms with Crippen LogP contribution in [0.3, 0.4) is 0 Å². The second kappa shape index (κ2) is 6.26. The maximum atomic E-state index is 6.09. The molecular weight excluding hydrogens is 326 g/mol. The summed E-state index contributed by atoms with van der Waals surface area (Å²) in [5, 5.41) is 4.94. The standard InChI is InChI=1S/C18H16ClN3O2/c1-23-17-7-12-6-11(2-5-16(12)24-17)9-20-18-14-8-13(19)3-4-15(14)21-10-22-18/h2-6,8,10,17H,7,9H2,1H3,(H,20,21,22). The van der Waals surface area contributed by atoms with Gasteiger partial charge in [0.25, 0.3) is 0 Å². The number of halogens is 1. The van der Waals surface area contributed by atoms with Gasteiger partial charge in [0.2, 0.25) is 6.29 Å². The van der Waals surface area contributed by atoms with E-state index in [1.54, 1.807) is 13.4 Å². The molecule has 0 saturated carbocycles. The Balaban J connectivity index is 1.55. The number of hydrogen-bond donors (Lipinski definition) is 1. The molecule has 2 heterocycles. The number of nitrogens with one attached hydrogen (secondary N) is 1. The summed E-state index contributed by atoms with van der Waals surface area (Å²) >= 11 is 6.09. The number of anilines is 1. The van der Waals surface area contributed by atoms with Crippen LogP contribution >= 0.6 is 11.6 Å². The van der Waals surface area contributed by atoms with Gasteiger partial charge in [0.15, 0.2) is 0 Å². The zero-order valence-electron chi connectivity index (χ0n) is 13.1. The predicted octanol–water partition coefficient (Wildman–Crippen LogP) is 3.80. The first-order chi connectivity index (χ1) is 11.7. The summed E-state index contributed by atoms with van der Waals surface area (Å²) < 4.78 is 10.9. The monoisotopic (exact) mass is 341 g/mol. The molecule has 0 radical (unpaired) electrons. The van der Waals surface area contributed by atoms with Crippen LogP contribution in [0.5, 0.6) is 5.75 Å². The number of hydrogen-bond acceptors (Lipinski definition) is 5. The van der Waals surface area contributed by atoms with Crippen LogP contribution in [0.4, 0.5) is 5.82 Å². The molecule has 4 rings (SSSR count). The quantitative estimate of drug-likeness (QED) is 0.782. The smallest absolute Gasteiger partial charge is 0.203 e. The topological polar surface area (TPSA) is 56.3 Å². The number of nitrogens with zero attached hydrogens (tertiary/aromatic N) is 2. The van der Waals surface area contributed by atoms with E-state index in [1.807, 2.05) is 30.3 Å². The van der Waals surface area contributed by atoms with Crippen LogP contribution in [0.1, 0.15) is 11.1 Å². The fourth-order valence-corrected chi connectivity index (χ4v) is 3.04. The van der Waals surface area contributed by atoms with E-state index in [0.717, 1.165) is 40.0 Å². The molecule has 0 bridgehead atoms. The summed E-state index contributed by atoms with van der Waals surface area (Å²) in [7, 11) is 1.66. The average Bonchev–Trinajstić information content (AvgIpc) is 3.02. The molecule has 1 atom stereocenters. The van der Waals surface area contributed by atoms with Crippen LogP contribution in [0, 0.1) is 0 Å². The highest BCUT2D eigenvalue weighted by Crippen LogP contribution is 2.30. The Morgan fingerprint density at radius 2 is 2.17 bits per heavy atom. The van der Waals surface area contributed by atoms with E-state index in [0.29, 0.717) is 11.6 Å². The van der Waals surface area contributed by atoms with Gasteiger partial charge in [-0.2, -0.15) is 0 Å². The molecule has 1 unspecified atom stereocenters. The van der Waals surface area contributed by atoms with Crippen molar-refractivity contribution in [2.24, 2.45) is 0 Å². The third-order valence-electron chi connectivity index (χ3n) is 4.09. The van der Waals surface area contributed by atoms with Crippen molar-refractivity contribution >= 4 is 28.3 Å². The third kappa shape index (κ3) is 2.88. The van der Waals surface area contributed by atoms with Crippen molar-refractivity contribution in [3.05, 3.63) is 58.9 Å². The lowest BCUT2D eigenvalue weighted by Gasteiger charge is -2.09. The van der Waals surface area contributed by atoms with Crippen LogP contribution in [-0.2, 0) is 17.7 Å². The molecule has 6 heteroatoms. The number of methoxy groups -OCH3 is 1. The van der Waals surface area contributed by atoms with Gasteiger partial charge in [0.05, 0.1) is 5.52 Å². The van der Waals surface area contributed by atoms with E-state index >= 15 is 0 Å². The van der Waals surface area contributed by atoms with Gasteiger partial charge in [-0.3, -0.25) is 0 Å². The van der Waals surface area contributed by atoms with Gasteiger partial charge in [0, 0.05) is 36.0 Å². The Morgan fingerprint density at radius 1 is 1.25 bits per heavy atom. The maximum absolute atomic E-state index is 6.09. The molecular formula is C18H16ClN3O2. The Bertz CT molecular complexity index is 901. The number of ether oxygens (including phenoxy) is 2. The van der Waals surface area contributed by atoms with Crippen molar-refractivity contribution in [2.45, 2.75) is 19.3 Å². The molecule has 1 aliphatic heterocycles. The molecule has 0 saturated heterocycles. The second-order valence-corrected chi connectivity index (χ2v) is 6.10. The molecule has 122 valence electrons. The van der Waals surface area contributed by atoms with Crippen molar-refractivity contribution in [3.63, 3.8) is 0 Å². The second-order valence-electron chi connectivity index (χ2n) is 5.67. The van der Waals surface area contributed by atoms with E-state index in [-0.39, 0.29) is 6.29 Å². The Kier molecular flexibility index (Phi) is 3.96. The molecule has 1 aromatic heterocycles. The summed E-state index contributed by atoms with van der Waals surface area (Å²) in [4.78, 5) is 8.60. The molecule has 2 aromatic carbocycles. The van der Waals surface area contributed by atoms with Gasteiger partial charge < -0.3 is 14.8 Å². The van der Waals surface area contributed by atoms with Gasteiger partial charge in [-0.15, -0.1) is 0 Å². The molecule has 0 spiro atoms.